The molecular formula is C19H11BrFN5O2S. The van der Waals surface area contributed by atoms with Crippen molar-refractivity contribution in [2.24, 2.45) is 0 Å². The molecule has 0 saturated carbocycles. The molecule has 4 rings (SSSR count). The zero-order valence-corrected chi connectivity index (χ0v) is 16.9. The quantitative estimate of drug-likeness (QED) is 0.225. The highest BCUT2D eigenvalue weighted by Gasteiger charge is 2.25. The first-order valence-electron chi connectivity index (χ1n) is 8.26. The van der Waals surface area contributed by atoms with Gasteiger partial charge < -0.3 is 5.32 Å². The fraction of sp³-hybridized carbons (Fsp3) is 0. The summed E-state index contributed by atoms with van der Waals surface area (Å²) in [6.45, 7) is 0. The van der Waals surface area contributed by atoms with Crippen molar-refractivity contribution >= 4 is 55.8 Å². The molecule has 0 aliphatic rings. The molecule has 144 valence electrons. The maximum Gasteiger partial charge on any atom is 0.343 e. The minimum Gasteiger partial charge on any atom is -0.332 e. The van der Waals surface area contributed by atoms with Crippen molar-refractivity contribution in [3.63, 3.8) is 0 Å². The second-order valence-corrected chi connectivity index (χ2v) is 7.76. The average Bonchev–Trinajstić information content (AvgIpc) is 2.70. The Labute approximate surface area is 176 Å². The van der Waals surface area contributed by atoms with Crippen LogP contribution in [0.3, 0.4) is 0 Å². The van der Waals surface area contributed by atoms with Crippen molar-refractivity contribution in [3.8, 4) is 0 Å². The van der Waals surface area contributed by atoms with Crippen LogP contribution < -0.4 is 5.32 Å². The lowest BCUT2D eigenvalue weighted by Gasteiger charge is -2.10. The van der Waals surface area contributed by atoms with Crippen LogP contribution in [0.2, 0.25) is 0 Å². The van der Waals surface area contributed by atoms with Crippen LogP contribution in [0.1, 0.15) is 0 Å². The van der Waals surface area contributed by atoms with Crippen LogP contribution in [-0.4, -0.2) is 19.9 Å². The zero-order valence-electron chi connectivity index (χ0n) is 14.5. The number of aromatic nitrogens is 3. The number of nitro groups is 1. The van der Waals surface area contributed by atoms with Crippen LogP contribution in [0.15, 0.2) is 75.4 Å². The number of fused-ring (bicyclic) bond motifs is 1. The largest absolute Gasteiger partial charge is 0.343 e. The summed E-state index contributed by atoms with van der Waals surface area (Å²) in [7, 11) is 0. The minimum atomic E-state index is -0.583. The number of anilines is 2. The van der Waals surface area contributed by atoms with Gasteiger partial charge in [0.1, 0.15) is 12.1 Å². The van der Waals surface area contributed by atoms with Gasteiger partial charge in [-0.25, -0.2) is 14.4 Å². The van der Waals surface area contributed by atoms with Gasteiger partial charge in [0.15, 0.2) is 5.03 Å². The number of nitrogens with zero attached hydrogens (tertiary/aromatic N) is 4. The van der Waals surface area contributed by atoms with E-state index in [1.807, 2.05) is 30.3 Å². The number of hydrogen-bond acceptors (Lipinski definition) is 7. The van der Waals surface area contributed by atoms with E-state index in [9.17, 15) is 14.5 Å². The van der Waals surface area contributed by atoms with Gasteiger partial charge in [0.25, 0.3) is 0 Å². The van der Waals surface area contributed by atoms with Crippen LogP contribution in [0.4, 0.5) is 21.6 Å². The molecule has 4 aromatic rings. The topological polar surface area (TPSA) is 93.8 Å². The third kappa shape index (κ3) is 4.03. The van der Waals surface area contributed by atoms with E-state index in [-0.39, 0.29) is 22.2 Å². The van der Waals surface area contributed by atoms with Gasteiger partial charge >= 0.3 is 5.69 Å². The molecule has 0 aliphatic carbocycles. The number of rotatable bonds is 5. The first-order valence-corrected chi connectivity index (χ1v) is 9.87. The first kappa shape index (κ1) is 19.2. The molecule has 2 aromatic heterocycles. The van der Waals surface area contributed by atoms with Crippen LogP contribution in [0.25, 0.3) is 10.9 Å². The molecule has 2 heterocycles. The smallest absolute Gasteiger partial charge is 0.332 e. The summed E-state index contributed by atoms with van der Waals surface area (Å²) < 4.78 is 14.7. The monoisotopic (exact) mass is 471 g/mol. The molecule has 10 heteroatoms. The van der Waals surface area contributed by atoms with Gasteiger partial charge in [-0.1, -0.05) is 45.9 Å². The number of benzene rings is 2. The highest BCUT2D eigenvalue weighted by Crippen LogP contribution is 2.39. The van der Waals surface area contributed by atoms with Crippen LogP contribution >= 0.6 is 27.7 Å². The molecule has 2 aromatic carbocycles. The molecule has 0 radical (unpaired) electrons. The predicted octanol–water partition coefficient (Wildman–Crippen LogP) is 5.73. The molecule has 29 heavy (non-hydrogen) atoms. The molecular weight excluding hydrogens is 461 g/mol. The number of pyridine rings is 1. The summed E-state index contributed by atoms with van der Waals surface area (Å²) in [4.78, 5) is 24.3. The summed E-state index contributed by atoms with van der Waals surface area (Å²) in [6.07, 6.45) is 2.86. The molecule has 0 saturated heterocycles. The fourth-order valence-corrected chi connectivity index (χ4v) is 4.00. The Hall–Kier alpha value is -3.11. The molecule has 0 spiro atoms. The third-order valence-electron chi connectivity index (χ3n) is 3.96. The maximum atomic E-state index is 14.2. The summed E-state index contributed by atoms with van der Waals surface area (Å²) in [6, 6.07) is 13.6. The van der Waals surface area contributed by atoms with Crippen molar-refractivity contribution in [2.75, 3.05) is 5.32 Å². The summed E-state index contributed by atoms with van der Waals surface area (Å²) in [5, 5.41) is 15.5. The molecule has 0 aliphatic heterocycles. The maximum absolute atomic E-state index is 14.2. The lowest BCUT2D eigenvalue weighted by molar-refractivity contribution is -0.387. The predicted molar refractivity (Wildman–Crippen MR) is 112 cm³/mol. The first-order chi connectivity index (χ1) is 14.0. The molecule has 7 nitrogen and oxygen atoms in total. The van der Waals surface area contributed by atoms with E-state index < -0.39 is 10.7 Å². The van der Waals surface area contributed by atoms with E-state index in [1.165, 1.54) is 18.5 Å². The Bertz CT molecular complexity index is 1240. The summed E-state index contributed by atoms with van der Waals surface area (Å²) in [5.41, 5.74) is 0.437. The van der Waals surface area contributed by atoms with Gasteiger partial charge in [0.05, 0.1) is 16.1 Å². The number of nitrogens with one attached hydrogen (secondary N) is 1. The fourth-order valence-electron chi connectivity index (χ4n) is 2.67. The molecule has 0 bridgehead atoms. The van der Waals surface area contributed by atoms with E-state index in [2.05, 4.69) is 36.2 Å². The number of hydrogen-bond donors (Lipinski definition) is 1. The number of para-hydroxylation sites is 1. The van der Waals surface area contributed by atoms with Gasteiger partial charge in [-0.05, 0) is 30.3 Å². The normalized spacial score (nSPS) is 10.8. The van der Waals surface area contributed by atoms with Crippen molar-refractivity contribution < 1.29 is 9.31 Å². The molecule has 0 amide bonds. The molecule has 0 atom stereocenters. The van der Waals surface area contributed by atoms with Gasteiger partial charge in [-0.3, -0.25) is 15.1 Å². The highest BCUT2D eigenvalue weighted by molar-refractivity contribution is 9.10. The Kier molecular flexibility index (Phi) is 5.36. The van der Waals surface area contributed by atoms with Gasteiger partial charge in [0.2, 0.25) is 5.82 Å². The van der Waals surface area contributed by atoms with Crippen molar-refractivity contribution in [1.82, 2.24) is 15.0 Å². The zero-order chi connectivity index (χ0) is 20.4. The number of halogens is 2. The second-order valence-electron chi connectivity index (χ2n) is 5.82. The lowest BCUT2D eigenvalue weighted by atomic mass is 10.2. The Morgan fingerprint density at radius 2 is 1.93 bits per heavy atom. The van der Waals surface area contributed by atoms with Gasteiger partial charge in [0, 0.05) is 21.0 Å². The van der Waals surface area contributed by atoms with E-state index in [4.69, 9.17) is 0 Å². The van der Waals surface area contributed by atoms with E-state index >= 15 is 0 Å². The summed E-state index contributed by atoms with van der Waals surface area (Å²) >= 11 is 4.28. The molecule has 0 unspecified atom stereocenters. The van der Waals surface area contributed by atoms with E-state index in [1.54, 1.807) is 12.3 Å². The van der Waals surface area contributed by atoms with Crippen LogP contribution in [0.5, 0.6) is 0 Å². The van der Waals surface area contributed by atoms with E-state index in [0.717, 1.165) is 17.1 Å². The Morgan fingerprint density at radius 1 is 1.10 bits per heavy atom. The van der Waals surface area contributed by atoms with Crippen molar-refractivity contribution in [1.29, 1.82) is 0 Å². The minimum absolute atomic E-state index is 0.0674. The Balaban J connectivity index is 1.76. The van der Waals surface area contributed by atoms with E-state index in [0.29, 0.717) is 14.9 Å². The molecule has 1 N–H and O–H groups in total. The standard InChI is InChI=1S/C19H11BrFN5O2S/c20-12-6-7-14(13(21)9-12)25-18-17(26(27)28)19(24-10-23-18)29-15-5-1-3-11-4-2-8-22-16(11)15/h1-10H,(H,23,24,25). The van der Waals surface area contributed by atoms with Gasteiger partial charge in [-0.2, -0.15) is 0 Å². The van der Waals surface area contributed by atoms with Crippen molar-refractivity contribution in [2.45, 2.75) is 9.92 Å². The highest BCUT2D eigenvalue weighted by atomic mass is 79.9. The molecule has 0 fully saturated rings. The van der Waals surface area contributed by atoms with Gasteiger partial charge in [-0.15, -0.1) is 0 Å². The second kappa shape index (κ2) is 8.10. The summed E-state index contributed by atoms with van der Waals surface area (Å²) in [5.74, 6) is -0.665. The Morgan fingerprint density at radius 3 is 2.72 bits per heavy atom. The average molecular weight is 472 g/mol. The SMILES string of the molecule is O=[N+]([O-])c1c(Nc2ccc(Br)cc2F)ncnc1Sc1cccc2cccnc12. The van der Waals surface area contributed by atoms with Crippen LogP contribution in [-0.2, 0) is 0 Å². The van der Waals surface area contributed by atoms with Crippen molar-refractivity contribution in [3.05, 3.63) is 81.5 Å². The van der Waals surface area contributed by atoms with Crippen LogP contribution in [0, 0.1) is 15.9 Å². The lowest BCUT2D eigenvalue weighted by Crippen LogP contribution is -2.04. The third-order valence-corrected chi connectivity index (χ3v) is 5.49.